The van der Waals surface area contributed by atoms with Crippen molar-refractivity contribution < 1.29 is 40.9 Å². The van der Waals surface area contributed by atoms with Crippen LogP contribution < -0.4 is 10.1 Å². The first-order chi connectivity index (χ1) is 13.2. The van der Waals surface area contributed by atoms with Gasteiger partial charge in [0.15, 0.2) is 0 Å². The van der Waals surface area contributed by atoms with Crippen LogP contribution >= 0.6 is 11.6 Å². The fourth-order valence-electron chi connectivity index (χ4n) is 2.15. The second-order valence-corrected chi connectivity index (χ2v) is 5.62. The summed E-state index contributed by atoms with van der Waals surface area (Å²) in [5, 5.41) is 23.4. The Kier molecular flexibility index (Phi) is 5.78. The number of nitrogens with one attached hydrogen (secondary N) is 1. The number of halogens is 7. The van der Waals surface area contributed by atoms with Gasteiger partial charge in [0.25, 0.3) is 11.4 Å². The first kappa shape index (κ1) is 22.0. The quantitative estimate of drug-likeness (QED) is 0.353. The van der Waals surface area contributed by atoms with Gasteiger partial charge in [0, 0.05) is 12.1 Å². The van der Waals surface area contributed by atoms with Crippen LogP contribution in [0.4, 0.5) is 49.1 Å². The molecule has 2 rings (SSSR count). The van der Waals surface area contributed by atoms with Crippen molar-refractivity contribution in [3.8, 4) is 5.75 Å². The summed E-state index contributed by atoms with van der Waals surface area (Å²) in [7, 11) is 0. The Balaban J connectivity index is 2.60. The Bertz CT molecular complexity index is 979. The summed E-state index contributed by atoms with van der Waals surface area (Å²) in [6.45, 7) is 0. The molecule has 1 N–H and O–H groups in total. The molecular formula is C14H6ClF6N3O5. The van der Waals surface area contributed by atoms with Gasteiger partial charge in [0.2, 0.25) is 0 Å². The average molecular weight is 446 g/mol. The number of benzene rings is 2. The number of non-ortho nitro benzene ring substituents is 1. The normalized spacial score (nSPS) is 11.8. The van der Waals surface area contributed by atoms with Crippen molar-refractivity contribution in [2.75, 3.05) is 5.32 Å². The molecule has 0 amide bonds. The average Bonchev–Trinajstić information content (AvgIpc) is 2.54. The fourth-order valence-corrected chi connectivity index (χ4v) is 2.36. The van der Waals surface area contributed by atoms with Crippen molar-refractivity contribution in [2.24, 2.45) is 0 Å². The van der Waals surface area contributed by atoms with Gasteiger partial charge in [-0.15, -0.1) is 13.2 Å². The molecule has 8 nitrogen and oxygen atoms in total. The van der Waals surface area contributed by atoms with E-state index in [0.717, 1.165) is 6.07 Å². The molecule has 0 aliphatic rings. The van der Waals surface area contributed by atoms with E-state index in [4.69, 9.17) is 11.6 Å². The zero-order valence-electron chi connectivity index (χ0n) is 13.5. The summed E-state index contributed by atoms with van der Waals surface area (Å²) in [4.78, 5) is 19.4. The van der Waals surface area contributed by atoms with E-state index < -0.39 is 61.5 Å². The van der Waals surface area contributed by atoms with Crippen LogP contribution in [0.1, 0.15) is 5.56 Å². The topological polar surface area (TPSA) is 108 Å². The molecule has 0 unspecified atom stereocenters. The molecule has 15 heteroatoms. The lowest BCUT2D eigenvalue weighted by Crippen LogP contribution is -2.17. The molecule has 156 valence electrons. The predicted molar refractivity (Wildman–Crippen MR) is 86.2 cm³/mol. The molecule has 0 heterocycles. The number of hydrogen-bond acceptors (Lipinski definition) is 6. The van der Waals surface area contributed by atoms with Gasteiger partial charge in [-0.1, -0.05) is 11.6 Å². The van der Waals surface area contributed by atoms with Gasteiger partial charge in [-0.05, 0) is 12.1 Å². The number of nitro groups is 2. The first-order valence-electron chi connectivity index (χ1n) is 7.05. The summed E-state index contributed by atoms with van der Waals surface area (Å²) in [5.41, 5.74) is -5.85. The monoisotopic (exact) mass is 445 g/mol. The van der Waals surface area contributed by atoms with Gasteiger partial charge in [0.1, 0.15) is 11.4 Å². The van der Waals surface area contributed by atoms with E-state index in [-0.39, 0.29) is 6.07 Å². The molecule has 2 aromatic carbocycles. The van der Waals surface area contributed by atoms with E-state index in [1.165, 1.54) is 0 Å². The molecule has 0 aliphatic carbocycles. The highest BCUT2D eigenvalue weighted by molar-refractivity contribution is 6.33. The van der Waals surface area contributed by atoms with Gasteiger partial charge >= 0.3 is 12.5 Å². The lowest BCUT2D eigenvalue weighted by molar-refractivity contribution is -0.394. The van der Waals surface area contributed by atoms with E-state index in [1.54, 1.807) is 0 Å². The maximum atomic E-state index is 13.3. The third kappa shape index (κ3) is 5.37. The standard InChI is InChI=1S/C14H6ClF6N3O5/c15-9-5-7(29-14(19,20)21)1-2-10(9)22-12-8(13(16,17)18)3-6(23(25)26)4-11(12)24(27)28/h1-5,22H. The number of ether oxygens (including phenoxy) is 1. The maximum Gasteiger partial charge on any atom is 0.573 e. The number of rotatable bonds is 5. The highest BCUT2D eigenvalue weighted by Crippen LogP contribution is 2.44. The van der Waals surface area contributed by atoms with E-state index in [2.05, 4.69) is 4.74 Å². The van der Waals surface area contributed by atoms with Crippen molar-refractivity contribution in [2.45, 2.75) is 12.5 Å². The van der Waals surface area contributed by atoms with Gasteiger partial charge in [-0.2, -0.15) is 13.2 Å². The number of nitro benzene ring substituents is 2. The second-order valence-electron chi connectivity index (χ2n) is 5.21. The number of nitrogens with zero attached hydrogens (tertiary/aromatic N) is 2. The molecule has 0 spiro atoms. The van der Waals surface area contributed by atoms with Crippen LogP contribution in [-0.2, 0) is 6.18 Å². The highest BCUT2D eigenvalue weighted by Gasteiger charge is 2.40. The fraction of sp³-hybridized carbons (Fsp3) is 0.143. The second kappa shape index (κ2) is 7.62. The van der Waals surface area contributed by atoms with E-state index in [9.17, 15) is 46.6 Å². The van der Waals surface area contributed by atoms with E-state index in [0.29, 0.717) is 18.2 Å². The Morgan fingerprint density at radius 1 is 0.966 bits per heavy atom. The minimum Gasteiger partial charge on any atom is -0.406 e. The third-order valence-electron chi connectivity index (χ3n) is 3.25. The molecule has 0 atom stereocenters. The molecule has 2 aromatic rings. The van der Waals surface area contributed by atoms with Crippen molar-refractivity contribution in [1.29, 1.82) is 0 Å². The lowest BCUT2D eigenvalue weighted by Gasteiger charge is -2.16. The largest absolute Gasteiger partial charge is 0.573 e. The van der Waals surface area contributed by atoms with Crippen molar-refractivity contribution in [3.63, 3.8) is 0 Å². The molecule has 0 radical (unpaired) electrons. The van der Waals surface area contributed by atoms with Crippen LogP contribution in [0.3, 0.4) is 0 Å². The minimum absolute atomic E-state index is 0.0738. The van der Waals surface area contributed by atoms with Gasteiger partial charge < -0.3 is 10.1 Å². The van der Waals surface area contributed by atoms with Crippen molar-refractivity contribution in [3.05, 3.63) is 61.1 Å². The number of anilines is 2. The van der Waals surface area contributed by atoms with Crippen LogP contribution in [0.5, 0.6) is 5.75 Å². The van der Waals surface area contributed by atoms with Gasteiger partial charge in [-0.3, -0.25) is 20.2 Å². The summed E-state index contributed by atoms with van der Waals surface area (Å²) >= 11 is 5.72. The Labute approximate surface area is 160 Å². The Morgan fingerprint density at radius 2 is 1.59 bits per heavy atom. The summed E-state index contributed by atoms with van der Waals surface area (Å²) in [6, 6.07) is 2.47. The van der Waals surface area contributed by atoms with E-state index >= 15 is 0 Å². The zero-order chi connectivity index (χ0) is 22.1. The number of hydrogen-bond donors (Lipinski definition) is 1. The third-order valence-corrected chi connectivity index (χ3v) is 3.56. The van der Waals surface area contributed by atoms with Crippen molar-refractivity contribution in [1.82, 2.24) is 0 Å². The molecular weight excluding hydrogens is 440 g/mol. The van der Waals surface area contributed by atoms with Crippen LogP contribution in [0.15, 0.2) is 30.3 Å². The van der Waals surface area contributed by atoms with Gasteiger partial charge in [0.05, 0.1) is 32.2 Å². The first-order valence-corrected chi connectivity index (χ1v) is 7.43. The zero-order valence-corrected chi connectivity index (χ0v) is 14.2. The number of alkyl halides is 6. The van der Waals surface area contributed by atoms with Crippen LogP contribution in [0, 0.1) is 20.2 Å². The van der Waals surface area contributed by atoms with Crippen molar-refractivity contribution >= 4 is 34.4 Å². The minimum atomic E-state index is -5.25. The Hall–Kier alpha value is -3.29. The molecule has 0 fully saturated rings. The molecule has 29 heavy (non-hydrogen) atoms. The van der Waals surface area contributed by atoms with Crippen LogP contribution in [-0.4, -0.2) is 16.2 Å². The Morgan fingerprint density at radius 3 is 2.03 bits per heavy atom. The molecule has 0 aromatic heterocycles. The molecule has 0 bridgehead atoms. The molecule has 0 saturated carbocycles. The summed E-state index contributed by atoms with van der Waals surface area (Å²) in [5.74, 6) is -0.790. The molecule has 0 saturated heterocycles. The highest BCUT2D eigenvalue weighted by atomic mass is 35.5. The van der Waals surface area contributed by atoms with Gasteiger partial charge in [-0.25, -0.2) is 0 Å². The SMILES string of the molecule is O=[N+]([O-])c1cc([N+](=O)[O-])c(Nc2ccc(OC(F)(F)F)cc2Cl)c(C(F)(F)F)c1. The van der Waals surface area contributed by atoms with E-state index in [1.807, 2.05) is 5.32 Å². The summed E-state index contributed by atoms with van der Waals surface area (Å²) < 4.78 is 80.2. The smallest absolute Gasteiger partial charge is 0.406 e. The van der Waals surface area contributed by atoms with Crippen LogP contribution in [0.25, 0.3) is 0 Å². The maximum absolute atomic E-state index is 13.3. The lowest BCUT2D eigenvalue weighted by atomic mass is 10.1. The molecule has 0 aliphatic heterocycles. The van der Waals surface area contributed by atoms with Crippen LogP contribution in [0.2, 0.25) is 5.02 Å². The summed E-state index contributed by atoms with van der Waals surface area (Å²) in [6.07, 6.45) is -10.3. The predicted octanol–water partition coefficient (Wildman–Crippen LogP) is 5.82.